The number of guanidine groups is 1. The molecule has 0 radical (unpaired) electrons. The highest BCUT2D eigenvalue weighted by atomic mass is 127. The lowest BCUT2D eigenvalue weighted by Gasteiger charge is -2.24. The van der Waals surface area contributed by atoms with Crippen LogP contribution in [-0.2, 0) is 18.3 Å². The van der Waals surface area contributed by atoms with Gasteiger partial charge < -0.3 is 25.3 Å². The highest BCUT2D eigenvalue weighted by Crippen LogP contribution is 2.14. The summed E-state index contributed by atoms with van der Waals surface area (Å²) in [6.45, 7) is 6.67. The fourth-order valence-electron chi connectivity index (χ4n) is 2.66. The second-order valence-electron chi connectivity index (χ2n) is 7.60. The Bertz CT molecular complexity index is 784. The van der Waals surface area contributed by atoms with E-state index in [1.165, 1.54) is 0 Å². The van der Waals surface area contributed by atoms with Crippen molar-refractivity contribution in [2.75, 3.05) is 13.6 Å². The number of benzene rings is 1. The summed E-state index contributed by atoms with van der Waals surface area (Å²) in [5.41, 5.74) is 1.60. The largest absolute Gasteiger partial charge is 0.444 e. The predicted molar refractivity (Wildman–Crippen MR) is 128 cm³/mol. The van der Waals surface area contributed by atoms with Crippen LogP contribution in [0.1, 0.15) is 37.9 Å². The van der Waals surface area contributed by atoms with Gasteiger partial charge in [0.25, 0.3) is 0 Å². The number of nitrogens with zero attached hydrogens (tertiary/aromatic N) is 2. The van der Waals surface area contributed by atoms with Crippen molar-refractivity contribution in [3.05, 3.63) is 59.9 Å². The number of rotatable bonds is 6. The zero-order chi connectivity index (χ0) is 20.6. The lowest BCUT2D eigenvalue weighted by atomic mass is 10.1. The van der Waals surface area contributed by atoms with Crippen LogP contribution < -0.4 is 16.0 Å². The predicted octanol–water partition coefficient (Wildman–Crippen LogP) is 3.57. The van der Waals surface area contributed by atoms with E-state index in [0.29, 0.717) is 19.0 Å². The second-order valence-corrected chi connectivity index (χ2v) is 7.60. The Kier molecular flexibility index (Phi) is 10.0. The van der Waals surface area contributed by atoms with E-state index in [1.54, 1.807) is 7.05 Å². The molecular formula is C21H32IN5O2. The summed E-state index contributed by atoms with van der Waals surface area (Å²) in [5, 5.41) is 9.49. The molecule has 0 fully saturated rings. The normalized spacial score (nSPS) is 12.5. The minimum Gasteiger partial charge on any atom is -0.444 e. The second kappa shape index (κ2) is 11.7. The average molecular weight is 513 g/mol. The molecule has 0 aliphatic rings. The van der Waals surface area contributed by atoms with Gasteiger partial charge in [0, 0.05) is 39.6 Å². The summed E-state index contributed by atoms with van der Waals surface area (Å²) in [7, 11) is 3.71. The third-order valence-electron chi connectivity index (χ3n) is 3.94. The molecule has 29 heavy (non-hydrogen) atoms. The molecule has 2 rings (SSSR count). The number of hydrogen-bond donors (Lipinski definition) is 3. The number of ether oxygens (including phenoxy) is 1. The standard InChI is InChI=1S/C21H31N5O2.HI/c1-21(2,3)28-20(27)25-18(17-9-7-6-8-10-17)14-24-19(22-4)23-13-16-11-12-26(5)15-16;/h6-12,15,18H,13-14H2,1-5H3,(H,25,27)(H2,22,23,24);1H. The fraction of sp³-hybridized carbons (Fsp3) is 0.429. The van der Waals surface area contributed by atoms with Crippen LogP contribution in [0.5, 0.6) is 0 Å². The van der Waals surface area contributed by atoms with E-state index < -0.39 is 11.7 Å². The molecular weight excluding hydrogens is 481 g/mol. The van der Waals surface area contributed by atoms with Crippen LogP contribution in [0.4, 0.5) is 4.79 Å². The third kappa shape index (κ3) is 9.21. The van der Waals surface area contributed by atoms with Gasteiger partial charge in [-0.3, -0.25) is 4.99 Å². The zero-order valence-electron chi connectivity index (χ0n) is 17.7. The number of carbonyl (C=O) groups is 1. The van der Waals surface area contributed by atoms with Gasteiger partial charge >= 0.3 is 6.09 Å². The number of aryl methyl sites for hydroxylation is 1. The number of hydrogen-bond acceptors (Lipinski definition) is 3. The van der Waals surface area contributed by atoms with E-state index in [9.17, 15) is 4.79 Å². The van der Waals surface area contributed by atoms with Gasteiger partial charge in [-0.15, -0.1) is 24.0 Å². The number of amides is 1. The molecule has 0 saturated heterocycles. The lowest BCUT2D eigenvalue weighted by molar-refractivity contribution is 0.0504. The van der Waals surface area contributed by atoms with Crippen LogP contribution in [0.15, 0.2) is 53.8 Å². The van der Waals surface area contributed by atoms with E-state index in [0.717, 1.165) is 11.1 Å². The molecule has 2 aromatic rings. The maximum atomic E-state index is 12.3. The fourth-order valence-corrected chi connectivity index (χ4v) is 2.66. The number of nitrogens with one attached hydrogen (secondary N) is 3. The van der Waals surface area contributed by atoms with E-state index in [2.05, 4.69) is 33.2 Å². The van der Waals surface area contributed by atoms with Gasteiger partial charge in [-0.05, 0) is 38.0 Å². The van der Waals surface area contributed by atoms with Crippen molar-refractivity contribution in [1.29, 1.82) is 0 Å². The topological polar surface area (TPSA) is 79.7 Å². The molecule has 0 spiro atoms. The molecule has 1 atom stereocenters. The molecule has 0 saturated carbocycles. The first kappa shape index (κ1) is 24.8. The van der Waals surface area contributed by atoms with Crippen molar-refractivity contribution in [2.24, 2.45) is 12.0 Å². The Morgan fingerprint density at radius 1 is 1.17 bits per heavy atom. The van der Waals surface area contributed by atoms with Crippen LogP contribution in [0, 0.1) is 0 Å². The summed E-state index contributed by atoms with van der Waals surface area (Å²) in [4.78, 5) is 16.5. The molecule has 1 heterocycles. The number of carbonyl (C=O) groups excluding carboxylic acids is 1. The monoisotopic (exact) mass is 513 g/mol. The molecule has 8 heteroatoms. The van der Waals surface area contributed by atoms with Crippen molar-refractivity contribution in [1.82, 2.24) is 20.5 Å². The number of aliphatic imine (C=N–C) groups is 1. The Hall–Kier alpha value is -2.23. The summed E-state index contributed by atoms with van der Waals surface area (Å²) < 4.78 is 7.41. The summed E-state index contributed by atoms with van der Waals surface area (Å²) in [6, 6.07) is 11.6. The molecule has 1 aromatic heterocycles. The smallest absolute Gasteiger partial charge is 0.408 e. The molecule has 1 unspecified atom stereocenters. The highest BCUT2D eigenvalue weighted by molar-refractivity contribution is 14.0. The molecule has 160 valence electrons. The first-order chi connectivity index (χ1) is 13.3. The number of alkyl carbamates (subject to hydrolysis) is 1. The Morgan fingerprint density at radius 3 is 2.41 bits per heavy atom. The summed E-state index contributed by atoms with van der Waals surface area (Å²) in [5.74, 6) is 0.663. The molecule has 3 N–H and O–H groups in total. The maximum Gasteiger partial charge on any atom is 0.408 e. The van der Waals surface area contributed by atoms with Crippen LogP contribution in [0.2, 0.25) is 0 Å². The van der Waals surface area contributed by atoms with Crippen LogP contribution in [-0.4, -0.2) is 35.8 Å². The minimum atomic E-state index is -0.550. The van der Waals surface area contributed by atoms with Crippen molar-refractivity contribution in [2.45, 2.75) is 39.0 Å². The lowest BCUT2D eigenvalue weighted by Crippen LogP contribution is -2.44. The van der Waals surface area contributed by atoms with E-state index in [1.807, 2.05) is 68.9 Å². The SMILES string of the molecule is CN=C(NCc1ccn(C)c1)NCC(NC(=O)OC(C)(C)C)c1ccccc1.I. The van der Waals surface area contributed by atoms with Crippen molar-refractivity contribution in [3.63, 3.8) is 0 Å². The highest BCUT2D eigenvalue weighted by Gasteiger charge is 2.20. The molecule has 7 nitrogen and oxygen atoms in total. The first-order valence-electron chi connectivity index (χ1n) is 9.36. The van der Waals surface area contributed by atoms with Crippen molar-refractivity contribution < 1.29 is 9.53 Å². The van der Waals surface area contributed by atoms with Gasteiger partial charge in [0.15, 0.2) is 5.96 Å². The van der Waals surface area contributed by atoms with Crippen LogP contribution in [0.3, 0.4) is 0 Å². The molecule has 1 amide bonds. The van der Waals surface area contributed by atoms with Crippen molar-refractivity contribution >= 4 is 36.0 Å². The molecule has 0 bridgehead atoms. The van der Waals surface area contributed by atoms with E-state index in [4.69, 9.17) is 4.74 Å². The van der Waals surface area contributed by atoms with Gasteiger partial charge in [0.05, 0.1) is 6.04 Å². The third-order valence-corrected chi connectivity index (χ3v) is 3.94. The van der Waals surface area contributed by atoms with Gasteiger partial charge in [-0.25, -0.2) is 4.79 Å². The Balaban J connectivity index is 0.00000420. The summed E-state index contributed by atoms with van der Waals surface area (Å²) in [6.07, 6.45) is 3.61. The first-order valence-corrected chi connectivity index (χ1v) is 9.36. The molecule has 0 aliphatic heterocycles. The minimum absolute atomic E-state index is 0. The number of halogens is 1. The van der Waals surface area contributed by atoms with E-state index in [-0.39, 0.29) is 30.0 Å². The zero-order valence-corrected chi connectivity index (χ0v) is 20.1. The van der Waals surface area contributed by atoms with Crippen molar-refractivity contribution in [3.8, 4) is 0 Å². The van der Waals surface area contributed by atoms with Crippen LogP contribution >= 0.6 is 24.0 Å². The Labute approximate surface area is 190 Å². The van der Waals surface area contributed by atoms with E-state index >= 15 is 0 Å². The van der Waals surface area contributed by atoms with Crippen LogP contribution in [0.25, 0.3) is 0 Å². The molecule has 0 aliphatic carbocycles. The quantitative estimate of drug-likeness (QED) is 0.314. The maximum absolute atomic E-state index is 12.3. The van der Waals surface area contributed by atoms with Gasteiger partial charge in [-0.1, -0.05) is 30.3 Å². The summed E-state index contributed by atoms with van der Waals surface area (Å²) >= 11 is 0. The number of aromatic nitrogens is 1. The van der Waals surface area contributed by atoms with Gasteiger partial charge in [-0.2, -0.15) is 0 Å². The van der Waals surface area contributed by atoms with Gasteiger partial charge in [0.2, 0.25) is 0 Å². The average Bonchev–Trinajstić information content (AvgIpc) is 3.05. The van der Waals surface area contributed by atoms with Gasteiger partial charge in [0.1, 0.15) is 5.60 Å². The Morgan fingerprint density at radius 2 is 1.86 bits per heavy atom. The molecule has 1 aromatic carbocycles.